The van der Waals surface area contributed by atoms with Gasteiger partial charge in [-0.15, -0.1) is 11.3 Å². The molecule has 1 aliphatic carbocycles. The molecule has 2 N–H and O–H groups in total. The summed E-state index contributed by atoms with van der Waals surface area (Å²) in [7, 11) is 0. The predicted molar refractivity (Wildman–Crippen MR) is 110 cm³/mol. The van der Waals surface area contributed by atoms with E-state index in [1.54, 1.807) is 11.3 Å². The first-order chi connectivity index (χ1) is 12.5. The second-order valence-electron chi connectivity index (χ2n) is 6.39. The number of thiocarbonyl (C=S) groups is 1. The van der Waals surface area contributed by atoms with Crippen LogP contribution >= 0.6 is 23.6 Å². The van der Waals surface area contributed by atoms with Crippen molar-refractivity contribution in [1.29, 1.82) is 0 Å². The summed E-state index contributed by atoms with van der Waals surface area (Å²) >= 11 is 7.05. The molecule has 2 aromatic heterocycles. The summed E-state index contributed by atoms with van der Waals surface area (Å²) in [6, 6.07) is 3.94. The number of nitrogens with one attached hydrogen (secondary N) is 2. The fourth-order valence-corrected chi connectivity index (χ4v) is 4.78. The van der Waals surface area contributed by atoms with Gasteiger partial charge in [0.2, 0.25) is 0 Å². The van der Waals surface area contributed by atoms with Crippen molar-refractivity contribution in [2.45, 2.75) is 46.5 Å². The second-order valence-corrected chi connectivity index (χ2v) is 7.90. The summed E-state index contributed by atoms with van der Waals surface area (Å²) in [6.07, 6.45) is 4.18. The van der Waals surface area contributed by atoms with Crippen LogP contribution in [0.15, 0.2) is 12.1 Å². The number of anilines is 2. The molecule has 0 aliphatic heterocycles. The molecule has 0 bridgehead atoms. The molecule has 0 aromatic carbocycles. The fourth-order valence-electron chi connectivity index (χ4n) is 3.23. The molecule has 2 aromatic rings. The Hall–Kier alpha value is -1.99. The lowest BCUT2D eigenvalue weighted by molar-refractivity contribution is 0.0526. The van der Waals surface area contributed by atoms with Gasteiger partial charge >= 0.3 is 5.97 Å². The van der Waals surface area contributed by atoms with Gasteiger partial charge in [-0.25, -0.2) is 9.78 Å². The largest absolute Gasteiger partial charge is 0.462 e. The molecule has 0 spiro atoms. The fraction of sp³-hybridized carbons (Fsp3) is 0.421. The zero-order chi connectivity index (χ0) is 18.7. The van der Waals surface area contributed by atoms with Crippen molar-refractivity contribution in [3.63, 3.8) is 0 Å². The standard InChI is InChI=1S/C19H23N3O2S2/c1-4-24-18(23)16-13-7-5-6-8-14(13)26-17(16)22-19(25)21-15-10-11(2)9-12(3)20-15/h9-10H,4-8H2,1-3H3,(H2,20,21,22,25). The number of aryl methyl sites for hydroxylation is 3. The van der Waals surface area contributed by atoms with Crippen molar-refractivity contribution < 1.29 is 9.53 Å². The van der Waals surface area contributed by atoms with Crippen LogP contribution in [0.5, 0.6) is 0 Å². The molecule has 1 aliphatic rings. The van der Waals surface area contributed by atoms with E-state index in [9.17, 15) is 4.79 Å². The van der Waals surface area contributed by atoms with Crippen molar-refractivity contribution in [1.82, 2.24) is 4.98 Å². The van der Waals surface area contributed by atoms with E-state index in [-0.39, 0.29) is 5.97 Å². The number of carbonyl (C=O) groups excluding carboxylic acids is 1. The third-order valence-corrected chi connectivity index (χ3v) is 5.63. The van der Waals surface area contributed by atoms with Gasteiger partial charge in [-0.05, 0) is 81.9 Å². The summed E-state index contributed by atoms with van der Waals surface area (Å²) < 4.78 is 5.28. The molecule has 0 radical (unpaired) electrons. The van der Waals surface area contributed by atoms with Gasteiger partial charge in [-0.1, -0.05) is 0 Å². The number of aromatic nitrogens is 1. The van der Waals surface area contributed by atoms with Crippen molar-refractivity contribution >= 4 is 45.5 Å². The highest BCUT2D eigenvalue weighted by Gasteiger charge is 2.26. The quantitative estimate of drug-likeness (QED) is 0.587. The number of esters is 1. The molecule has 0 amide bonds. The highest BCUT2D eigenvalue weighted by Crippen LogP contribution is 2.38. The molecule has 2 heterocycles. The number of thiophene rings is 1. The third-order valence-electron chi connectivity index (χ3n) is 4.22. The van der Waals surface area contributed by atoms with Crippen LogP contribution in [0.4, 0.5) is 10.8 Å². The number of nitrogens with zero attached hydrogens (tertiary/aromatic N) is 1. The summed E-state index contributed by atoms with van der Waals surface area (Å²) in [5.74, 6) is 0.417. The molecule has 0 fully saturated rings. The summed E-state index contributed by atoms with van der Waals surface area (Å²) in [4.78, 5) is 18.2. The van der Waals surface area contributed by atoms with Gasteiger partial charge in [-0.2, -0.15) is 0 Å². The Balaban J connectivity index is 1.83. The van der Waals surface area contributed by atoms with Gasteiger partial charge in [0, 0.05) is 10.6 Å². The number of pyridine rings is 1. The van der Waals surface area contributed by atoms with Crippen molar-refractivity contribution in [2.75, 3.05) is 17.2 Å². The van der Waals surface area contributed by atoms with Crippen LogP contribution in [0.3, 0.4) is 0 Å². The maximum atomic E-state index is 12.5. The van der Waals surface area contributed by atoms with E-state index in [1.807, 2.05) is 32.9 Å². The second kappa shape index (κ2) is 8.14. The minimum absolute atomic E-state index is 0.276. The van der Waals surface area contributed by atoms with E-state index >= 15 is 0 Å². The molecule has 138 valence electrons. The molecule has 26 heavy (non-hydrogen) atoms. The van der Waals surface area contributed by atoms with Crippen LogP contribution in [-0.4, -0.2) is 22.7 Å². The minimum Gasteiger partial charge on any atom is -0.462 e. The van der Waals surface area contributed by atoms with Crippen LogP contribution in [0, 0.1) is 13.8 Å². The minimum atomic E-state index is -0.276. The van der Waals surface area contributed by atoms with E-state index in [2.05, 4.69) is 15.6 Å². The maximum Gasteiger partial charge on any atom is 0.341 e. The van der Waals surface area contributed by atoms with E-state index in [4.69, 9.17) is 17.0 Å². The van der Waals surface area contributed by atoms with Crippen LogP contribution in [0.1, 0.15) is 51.8 Å². The molecule has 0 saturated carbocycles. The van der Waals surface area contributed by atoms with Gasteiger partial charge in [-0.3, -0.25) is 0 Å². The normalized spacial score (nSPS) is 13.0. The Morgan fingerprint density at radius 1 is 1.27 bits per heavy atom. The van der Waals surface area contributed by atoms with E-state index in [0.29, 0.717) is 23.1 Å². The van der Waals surface area contributed by atoms with Crippen LogP contribution in [0.2, 0.25) is 0 Å². The molecule has 7 heteroatoms. The first kappa shape index (κ1) is 18.8. The molecule has 3 rings (SSSR count). The summed E-state index contributed by atoms with van der Waals surface area (Å²) in [5.41, 5.74) is 3.80. The lowest BCUT2D eigenvalue weighted by Crippen LogP contribution is -2.21. The SMILES string of the molecule is CCOC(=O)c1c(NC(=S)Nc2cc(C)cc(C)n2)sc2c1CCCC2. The smallest absolute Gasteiger partial charge is 0.341 e. The first-order valence-corrected chi connectivity index (χ1v) is 10.1. The average Bonchev–Trinajstić information content (AvgIpc) is 2.91. The van der Waals surface area contributed by atoms with Crippen LogP contribution < -0.4 is 10.6 Å². The molecular weight excluding hydrogens is 366 g/mol. The van der Waals surface area contributed by atoms with Crippen LogP contribution in [-0.2, 0) is 17.6 Å². The highest BCUT2D eigenvalue weighted by atomic mass is 32.1. The number of hydrogen-bond acceptors (Lipinski definition) is 5. The van der Waals surface area contributed by atoms with Crippen molar-refractivity contribution in [3.8, 4) is 0 Å². The lowest BCUT2D eigenvalue weighted by atomic mass is 9.95. The lowest BCUT2D eigenvalue weighted by Gasteiger charge is -2.13. The average molecular weight is 390 g/mol. The number of ether oxygens (including phenoxy) is 1. The molecule has 5 nitrogen and oxygen atoms in total. The first-order valence-electron chi connectivity index (χ1n) is 8.83. The Labute approximate surface area is 163 Å². The van der Waals surface area contributed by atoms with Gasteiger partial charge in [0.05, 0.1) is 12.2 Å². The molecule has 0 atom stereocenters. The topological polar surface area (TPSA) is 63.2 Å². The van der Waals surface area contributed by atoms with E-state index in [0.717, 1.165) is 47.5 Å². The monoisotopic (exact) mass is 389 g/mol. The van der Waals surface area contributed by atoms with E-state index < -0.39 is 0 Å². The number of rotatable bonds is 4. The van der Waals surface area contributed by atoms with Gasteiger partial charge in [0.1, 0.15) is 10.8 Å². The number of hydrogen-bond donors (Lipinski definition) is 2. The Morgan fingerprint density at radius 3 is 2.77 bits per heavy atom. The molecule has 0 unspecified atom stereocenters. The van der Waals surface area contributed by atoms with Gasteiger partial charge in [0.15, 0.2) is 5.11 Å². The Morgan fingerprint density at radius 2 is 2.04 bits per heavy atom. The molecule has 0 saturated heterocycles. The van der Waals surface area contributed by atoms with E-state index in [1.165, 1.54) is 4.88 Å². The van der Waals surface area contributed by atoms with Crippen molar-refractivity contribution in [2.24, 2.45) is 0 Å². The van der Waals surface area contributed by atoms with Gasteiger partial charge in [0.25, 0.3) is 0 Å². The predicted octanol–water partition coefficient (Wildman–Crippen LogP) is 4.62. The number of fused-ring (bicyclic) bond motifs is 1. The highest BCUT2D eigenvalue weighted by molar-refractivity contribution is 7.80. The van der Waals surface area contributed by atoms with Gasteiger partial charge < -0.3 is 15.4 Å². The summed E-state index contributed by atoms with van der Waals surface area (Å²) in [5, 5.41) is 7.49. The maximum absolute atomic E-state index is 12.5. The zero-order valence-electron chi connectivity index (χ0n) is 15.3. The Kier molecular flexibility index (Phi) is 5.88. The zero-order valence-corrected chi connectivity index (χ0v) is 16.9. The molecular formula is C19H23N3O2S2. The number of carbonyl (C=O) groups is 1. The third kappa shape index (κ3) is 4.22. The summed E-state index contributed by atoms with van der Waals surface area (Å²) in [6.45, 7) is 6.14. The van der Waals surface area contributed by atoms with Crippen LogP contribution in [0.25, 0.3) is 0 Å². The Bertz CT molecular complexity index is 825. The van der Waals surface area contributed by atoms with Crippen molar-refractivity contribution in [3.05, 3.63) is 39.4 Å².